The lowest BCUT2D eigenvalue weighted by Crippen LogP contribution is -2.30. The molecule has 0 aromatic heterocycles. The zero-order valence-corrected chi connectivity index (χ0v) is 17.8. The molecule has 27 heavy (non-hydrogen) atoms. The predicted molar refractivity (Wildman–Crippen MR) is 108 cm³/mol. The lowest BCUT2D eigenvalue weighted by Gasteiger charge is -2.20. The fourth-order valence-electron chi connectivity index (χ4n) is 2.59. The van der Waals surface area contributed by atoms with E-state index in [0.717, 1.165) is 12.0 Å². The van der Waals surface area contributed by atoms with Gasteiger partial charge in [-0.05, 0) is 42.3 Å². The van der Waals surface area contributed by atoms with E-state index in [4.69, 9.17) is 11.6 Å². The van der Waals surface area contributed by atoms with Crippen molar-refractivity contribution in [3.63, 3.8) is 0 Å². The zero-order valence-electron chi connectivity index (χ0n) is 15.4. The molecule has 0 saturated heterocycles. The minimum absolute atomic E-state index is 0.0390. The summed E-state index contributed by atoms with van der Waals surface area (Å²) < 4.78 is 54.3. The molecule has 0 aliphatic heterocycles. The van der Waals surface area contributed by atoms with Crippen LogP contribution in [0.2, 0.25) is 5.02 Å². The van der Waals surface area contributed by atoms with Gasteiger partial charge in [0.05, 0.1) is 15.6 Å². The zero-order chi connectivity index (χ0) is 20.2. The third kappa shape index (κ3) is 4.82. The van der Waals surface area contributed by atoms with Gasteiger partial charge in [-0.3, -0.25) is 4.72 Å². The van der Waals surface area contributed by atoms with E-state index in [2.05, 4.69) is 4.72 Å². The Kier molecular flexibility index (Phi) is 6.91. The second kappa shape index (κ2) is 8.60. The molecule has 2 aromatic carbocycles. The maximum atomic E-state index is 12.7. The van der Waals surface area contributed by atoms with E-state index in [9.17, 15) is 16.8 Å². The topological polar surface area (TPSA) is 83.5 Å². The lowest BCUT2D eigenvalue weighted by atomic mass is 10.2. The summed E-state index contributed by atoms with van der Waals surface area (Å²) in [5, 5.41) is 0.0390. The molecule has 0 aliphatic rings. The average molecular weight is 431 g/mol. The summed E-state index contributed by atoms with van der Waals surface area (Å²) in [7, 11) is -7.66. The second-order valence-electron chi connectivity index (χ2n) is 5.84. The van der Waals surface area contributed by atoms with Crippen LogP contribution < -0.4 is 4.72 Å². The molecule has 2 rings (SSSR count). The molecule has 0 aliphatic carbocycles. The third-order valence-electron chi connectivity index (χ3n) is 4.15. The van der Waals surface area contributed by atoms with Crippen molar-refractivity contribution in [3.8, 4) is 0 Å². The molecular formula is C18H23ClN2O4S2. The maximum Gasteiger partial charge on any atom is 0.261 e. The van der Waals surface area contributed by atoms with Crippen molar-refractivity contribution in [1.82, 2.24) is 4.31 Å². The minimum atomic E-state index is -3.85. The first-order valence-electron chi connectivity index (χ1n) is 8.57. The Labute approximate surface area is 166 Å². The standard InChI is InChI=1S/C18H23ClN2O4S2/c1-4-14-7-10-16(11-8-14)26(22,23)20-15-9-12-17(19)18(13-15)27(24,25)21(5-2)6-3/h7-13,20H,4-6H2,1-3H3. The van der Waals surface area contributed by atoms with E-state index in [1.807, 2.05) is 6.92 Å². The summed E-state index contributed by atoms with van der Waals surface area (Å²) in [6.07, 6.45) is 0.803. The summed E-state index contributed by atoms with van der Waals surface area (Å²) in [5.41, 5.74) is 1.15. The molecule has 0 saturated carbocycles. The van der Waals surface area contributed by atoms with Crippen molar-refractivity contribution in [2.24, 2.45) is 0 Å². The SMILES string of the molecule is CCc1ccc(S(=O)(=O)Nc2ccc(Cl)c(S(=O)(=O)N(CC)CC)c2)cc1. The number of halogens is 1. The van der Waals surface area contributed by atoms with E-state index >= 15 is 0 Å². The molecule has 0 atom stereocenters. The molecule has 6 nitrogen and oxygen atoms in total. The maximum absolute atomic E-state index is 12.7. The van der Waals surface area contributed by atoms with Crippen LogP contribution in [-0.4, -0.2) is 34.2 Å². The van der Waals surface area contributed by atoms with E-state index in [1.165, 1.54) is 34.6 Å². The number of anilines is 1. The van der Waals surface area contributed by atoms with Crippen LogP contribution in [0, 0.1) is 0 Å². The Hall–Kier alpha value is -1.61. The first-order valence-corrected chi connectivity index (χ1v) is 11.9. The summed E-state index contributed by atoms with van der Waals surface area (Å²) >= 11 is 6.08. The first kappa shape index (κ1) is 21.7. The van der Waals surface area contributed by atoms with Gasteiger partial charge in [0.2, 0.25) is 10.0 Å². The Morgan fingerprint density at radius 2 is 1.52 bits per heavy atom. The summed E-state index contributed by atoms with van der Waals surface area (Å²) in [5.74, 6) is 0. The van der Waals surface area contributed by atoms with Gasteiger partial charge in [0, 0.05) is 13.1 Å². The van der Waals surface area contributed by atoms with E-state index in [1.54, 1.807) is 26.0 Å². The Bertz CT molecular complexity index is 1000. The van der Waals surface area contributed by atoms with Crippen LogP contribution in [0.4, 0.5) is 5.69 Å². The number of hydrogen-bond acceptors (Lipinski definition) is 4. The predicted octanol–water partition coefficient (Wildman–Crippen LogP) is 3.73. The van der Waals surface area contributed by atoms with Crippen LogP contribution >= 0.6 is 11.6 Å². The van der Waals surface area contributed by atoms with Gasteiger partial charge in [0.15, 0.2) is 0 Å². The Morgan fingerprint density at radius 1 is 0.926 bits per heavy atom. The molecule has 0 heterocycles. The minimum Gasteiger partial charge on any atom is -0.280 e. The molecule has 0 spiro atoms. The van der Waals surface area contributed by atoms with Crippen molar-refractivity contribution in [3.05, 3.63) is 53.1 Å². The molecule has 0 fully saturated rings. The molecule has 2 aromatic rings. The molecule has 9 heteroatoms. The first-order chi connectivity index (χ1) is 12.7. The smallest absolute Gasteiger partial charge is 0.261 e. The van der Waals surface area contributed by atoms with Crippen LogP contribution in [0.25, 0.3) is 0 Å². The molecule has 0 bridgehead atoms. The third-order valence-corrected chi connectivity index (χ3v) is 8.08. The number of sulfonamides is 2. The Balaban J connectivity index is 2.40. The van der Waals surface area contributed by atoms with Crippen molar-refractivity contribution in [2.45, 2.75) is 37.0 Å². The van der Waals surface area contributed by atoms with E-state index in [0.29, 0.717) is 0 Å². The van der Waals surface area contributed by atoms with Gasteiger partial charge >= 0.3 is 0 Å². The molecule has 1 N–H and O–H groups in total. The van der Waals surface area contributed by atoms with Gasteiger partial charge in [-0.15, -0.1) is 0 Å². The number of hydrogen-bond donors (Lipinski definition) is 1. The highest BCUT2D eigenvalue weighted by Gasteiger charge is 2.25. The summed E-state index contributed by atoms with van der Waals surface area (Å²) in [4.78, 5) is -0.0304. The van der Waals surface area contributed by atoms with Crippen molar-refractivity contribution in [2.75, 3.05) is 17.8 Å². The second-order valence-corrected chi connectivity index (χ2v) is 9.83. The van der Waals surface area contributed by atoms with E-state index < -0.39 is 20.0 Å². The highest BCUT2D eigenvalue weighted by atomic mass is 35.5. The Morgan fingerprint density at radius 3 is 2.04 bits per heavy atom. The quantitative estimate of drug-likeness (QED) is 0.691. The largest absolute Gasteiger partial charge is 0.280 e. The van der Waals surface area contributed by atoms with Gasteiger partial charge in [-0.1, -0.05) is 44.5 Å². The van der Waals surface area contributed by atoms with Crippen molar-refractivity contribution in [1.29, 1.82) is 0 Å². The molecular weight excluding hydrogens is 408 g/mol. The normalized spacial score (nSPS) is 12.3. The highest BCUT2D eigenvalue weighted by molar-refractivity contribution is 7.92. The fraction of sp³-hybridized carbons (Fsp3) is 0.333. The fourth-order valence-corrected chi connectivity index (χ4v) is 5.59. The molecule has 0 unspecified atom stereocenters. The van der Waals surface area contributed by atoms with Crippen LogP contribution in [-0.2, 0) is 26.5 Å². The van der Waals surface area contributed by atoms with Gasteiger partial charge < -0.3 is 0 Å². The molecule has 0 radical (unpaired) electrons. The van der Waals surface area contributed by atoms with Crippen LogP contribution in [0.1, 0.15) is 26.3 Å². The van der Waals surface area contributed by atoms with Gasteiger partial charge in [-0.25, -0.2) is 16.8 Å². The number of rotatable bonds is 8. The molecule has 148 valence electrons. The average Bonchev–Trinajstić information content (AvgIpc) is 2.63. The summed E-state index contributed by atoms with van der Waals surface area (Å²) in [6.45, 7) is 6.00. The number of aryl methyl sites for hydroxylation is 1. The van der Waals surface area contributed by atoms with Crippen LogP contribution in [0.5, 0.6) is 0 Å². The van der Waals surface area contributed by atoms with Gasteiger partial charge in [0.1, 0.15) is 4.90 Å². The van der Waals surface area contributed by atoms with Gasteiger partial charge in [-0.2, -0.15) is 4.31 Å². The number of benzene rings is 2. The van der Waals surface area contributed by atoms with Crippen LogP contribution in [0.3, 0.4) is 0 Å². The van der Waals surface area contributed by atoms with Crippen molar-refractivity contribution < 1.29 is 16.8 Å². The monoisotopic (exact) mass is 430 g/mol. The number of nitrogens with zero attached hydrogens (tertiary/aromatic N) is 1. The molecule has 0 amide bonds. The number of nitrogens with one attached hydrogen (secondary N) is 1. The summed E-state index contributed by atoms with van der Waals surface area (Å²) in [6, 6.07) is 10.6. The van der Waals surface area contributed by atoms with E-state index in [-0.39, 0.29) is 33.6 Å². The van der Waals surface area contributed by atoms with Gasteiger partial charge in [0.25, 0.3) is 10.0 Å². The highest BCUT2D eigenvalue weighted by Crippen LogP contribution is 2.29. The van der Waals surface area contributed by atoms with Crippen molar-refractivity contribution >= 4 is 37.3 Å². The lowest BCUT2D eigenvalue weighted by molar-refractivity contribution is 0.445. The van der Waals surface area contributed by atoms with Crippen LogP contribution in [0.15, 0.2) is 52.3 Å².